The van der Waals surface area contributed by atoms with Crippen LogP contribution in [0.3, 0.4) is 0 Å². The maximum atomic E-state index is 13.2. The molecule has 1 unspecified atom stereocenters. The number of imidazole rings is 1. The highest BCUT2D eigenvalue weighted by molar-refractivity contribution is 5.74. The number of aromatic nitrogens is 2. The van der Waals surface area contributed by atoms with Crippen molar-refractivity contribution in [1.82, 2.24) is 9.97 Å². The quantitative estimate of drug-likeness (QED) is 0.813. The molecule has 1 aromatic carbocycles. The van der Waals surface area contributed by atoms with Crippen LogP contribution in [0.1, 0.15) is 18.7 Å². The monoisotopic (exact) mass is 221 g/mol. The Labute approximate surface area is 93.9 Å². The number of aryl methyl sites for hydroxylation is 1. The maximum absolute atomic E-state index is 13.2. The second kappa shape index (κ2) is 5.07. The second-order valence-electron chi connectivity index (χ2n) is 3.91. The minimum atomic E-state index is -0.821. The van der Waals surface area contributed by atoms with Gasteiger partial charge in [-0.1, -0.05) is 12.1 Å². The van der Waals surface area contributed by atoms with Gasteiger partial charge in [-0.25, -0.2) is 9.37 Å². The van der Waals surface area contributed by atoms with Crippen LogP contribution in [-0.4, -0.2) is 22.7 Å². The van der Waals surface area contributed by atoms with Crippen LogP contribution in [-0.2, 0) is 6.42 Å². The van der Waals surface area contributed by atoms with E-state index in [-0.39, 0.29) is 0 Å². The van der Waals surface area contributed by atoms with E-state index in [1.54, 1.807) is 0 Å². The average molecular weight is 221 g/mol. The van der Waals surface area contributed by atoms with E-state index < -0.39 is 6.17 Å². The number of aromatic amines is 1. The molecule has 2 rings (SSSR count). The Morgan fingerprint density at radius 1 is 1.31 bits per heavy atom. The van der Waals surface area contributed by atoms with Gasteiger partial charge in [0.25, 0.3) is 0 Å². The molecular formula is C12H16FN3. The van der Waals surface area contributed by atoms with Crippen LogP contribution in [0.5, 0.6) is 0 Å². The van der Waals surface area contributed by atoms with E-state index in [0.29, 0.717) is 25.8 Å². The number of hydrogen-bond donors (Lipinski definition) is 2. The average Bonchev–Trinajstić information content (AvgIpc) is 2.69. The van der Waals surface area contributed by atoms with Gasteiger partial charge in [-0.3, -0.25) is 0 Å². The molecule has 1 atom stereocenters. The molecule has 86 valence electrons. The molecule has 0 bridgehead atoms. The number of rotatable bonds is 5. The zero-order valence-electron chi connectivity index (χ0n) is 9.12. The van der Waals surface area contributed by atoms with E-state index in [9.17, 15) is 4.39 Å². The fourth-order valence-electron chi connectivity index (χ4n) is 1.74. The number of nitrogens with two attached hydrogens (primary N) is 1. The van der Waals surface area contributed by atoms with Gasteiger partial charge >= 0.3 is 0 Å². The fourth-order valence-corrected chi connectivity index (χ4v) is 1.74. The number of benzene rings is 1. The van der Waals surface area contributed by atoms with E-state index in [1.165, 1.54) is 0 Å². The first-order valence-electron chi connectivity index (χ1n) is 5.57. The Morgan fingerprint density at radius 3 is 2.88 bits per heavy atom. The van der Waals surface area contributed by atoms with Crippen molar-refractivity contribution in [1.29, 1.82) is 0 Å². The van der Waals surface area contributed by atoms with Crippen molar-refractivity contribution in [3.63, 3.8) is 0 Å². The summed E-state index contributed by atoms with van der Waals surface area (Å²) >= 11 is 0. The van der Waals surface area contributed by atoms with Crippen LogP contribution < -0.4 is 5.73 Å². The van der Waals surface area contributed by atoms with Gasteiger partial charge in [0.1, 0.15) is 12.0 Å². The number of nitrogens with one attached hydrogen (secondary N) is 1. The third-order valence-electron chi connectivity index (χ3n) is 2.61. The molecule has 3 N–H and O–H groups in total. The van der Waals surface area contributed by atoms with Gasteiger partial charge in [-0.05, 0) is 31.5 Å². The Bertz CT molecular complexity index is 419. The fraction of sp³-hybridized carbons (Fsp3) is 0.417. The number of para-hydroxylation sites is 2. The molecule has 0 spiro atoms. The molecule has 16 heavy (non-hydrogen) atoms. The summed E-state index contributed by atoms with van der Waals surface area (Å²) in [5, 5.41) is 0. The predicted molar refractivity (Wildman–Crippen MR) is 63.0 cm³/mol. The summed E-state index contributed by atoms with van der Waals surface area (Å²) in [6.07, 6.45) is 0.728. The summed E-state index contributed by atoms with van der Waals surface area (Å²) in [4.78, 5) is 7.58. The first-order valence-corrected chi connectivity index (χ1v) is 5.57. The van der Waals surface area contributed by atoms with E-state index in [1.807, 2.05) is 24.3 Å². The number of fused-ring (bicyclic) bond motifs is 1. The van der Waals surface area contributed by atoms with Gasteiger partial charge < -0.3 is 10.7 Å². The molecule has 0 radical (unpaired) electrons. The first kappa shape index (κ1) is 11.1. The molecule has 0 aliphatic heterocycles. The van der Waals surface area contributed by atoms with Gasteiger partial charge in [-0.15, -0.1) is 0 Å². The molecule has 2 aromatic rings. The summed E-state index contributed by atoms with van der Waals surface area (Å²) in [7, 11) is 0. The largest absolute Gasteiger partial charge is 0.342 e. The highest BCUT2D eigenvalue weighted by atomic mass is 19.1. The maximum Gasteiger partial charge on any atom is 0.107 e. The van der Waals surface area contributed by atoms with Crippen molar-refractivity contribution >= 4 is 11.0 Å². The van der Waals surface area contributed by atoms with Crippen LogP contribution in [0.15, 0.2) is 24.3 Å². The number of hydrogen-bond acceptors (Lipinski definition) is 2. The molecule has 1 aromatic heterocycles. The van der Waals surface area contributed by atoms with Crippen molar-refractivity contribution in [3.8, 4) is 0 Å². The highest BCUT2D eigenvalue weighted by Crippen LogP contribution is 2.13. The van der Waals surface area contributed by atoms with E-state index in [2.05, 4.69) is 9.97 Å². The zero-order valence-corrected chi connectivity index (χ0v) is 9.12. The van der Waals surface area contributed by atoms with Crippen molar-refractivity contribution in [2.24, 2.45) is 5.73 Å². The molecule has 0 fully saturated rings. The highest BCUT2D eigenvalue weighted by Gasteiger charge is 2.07. The molecule has 0 saturated heterocycles. The molecule has 4 heteroatoms. The summed E-state index contributed by atoms with van der Waals surface area (Å²) < 4.78 is 13.2. The minimum absolute atomic E-state index is 0.404. The lowest BCUT2D eigenvalue weighted by molar-refractivity contribution is 0.299. The summed E-state index contributed by atoms with van der Waals surface area (Å²) in [6, 6.07) is 7.82. The molecule has 1 heterocycles. The standard InChI is InChI=1S/C12H16FN3/c13-9(7-8-14)5-6-12-15-10-3-1-2-4-11(10)16-12/h1-4,9H,5-8,14H2,(H,15,16). The van der Waals surface area contributed by atoms with Gasteiger partial charge in [0.15, 0.2) is 0 Å². The van der Waals surface area contributed by atoms with Gasteiger partial charge in [-0.2, -0.15) is 0 Å². The number of H-pyrrole nitrogens is 1. The summed E-state index contributed by atoms with van der Waals surface area (Å²) in [5.74, 6) is 0.848. The zero-order chi connectivity index (χ0) is 11.4. The normalized spacial score (nSPS) is 13.1. The van der Waals surface area contributed by atoms with Crippen molar-refractivity contribution < 1.29 is 4.39 Å². The molecule has 0 aliphatic rings. The Balaban J connectivity index is 1.99. The van der Waals surface area contributed by atoms with Crippen LogP contribution in [0.25, 0.3) is 11.0 Å². The van der Waals surface area contributed by atoms with Crippen LogP contribution in [0, 0.1) is 0 Å². The van der Waals surface area contributed by atoms with Gasteiger partial charge in [0.2, 0.25) is 0 Å². The lowest BCUT2D eigenvalue weighted by Gasteiger charge is -2.03. The number of alkyl halides is 1. The third kappa shape index (κ3) is 2.58. The lowest BCUT2D eigenvalue weighted by atomic mass is 10.1. The van der Waals surface area contributed by atoms with Crippen molar-refractivity contribution in [2.45, 2.75) is 25.4 Å². The SMILES string of the molecule is NCCC(F)CCc1nc2ccccc2[nH]1. The Morgan fingerprint density at radius 2 is 2.12 bits per heavy atom. The van der Waals surface area contributed by atoms with Gasteiger partial charge in [0.05, 0.1) is 11.0 Å². The number of nitrogens with zero attached hydrogens (tertiary/aromatic N) is 1. The van der Waals surface area contributed by atoms with Crippen LogP contribution in [0.2, 0.25) is 0 Å². The predicted octanol–water partition coefficient (Wildman–Crippen LogP) is 2.18. The second-order valence-corrected chi connectivity index (χ2v) is 3.91. The number of halogens is 1. The Hall–Kier alpha value is -1.42. The molecule has 0 amide bonds. The topological polar surface area (TPSA) is 54.7 Å². The van der Waals surface area contributed by atoms with Crippen LogP contribution in [0.4, 0.5) is 4.39 Å². The minimum Gasteiger partial charge on any atom is -0.342 e. The molecular weight excluding hydrogens is 205 g/mol. The third-order valence-corrected chi connectivity index (χ3v) is 2.61. The molecule has 0 aliphatic carbocycles. The van der Waals surface area contributed by atoms with Crippen LogP contribution >= 0.6 is 0 Å². The first-order chi connectivity index (χ1) is 7.79. The molecule has 0 saturated carbocycles. The lowest BCUT2D eigenvalue weighted by Crippen LogP contribution is -2.10. The van der Waals surface area contributed by atoms with Crippen molar-refractivity contribution in [2.75, 3.05) is 6.54 Å². The summed E-state index contributed by atoms with van der Waals surface area (Å²) in [6.45, 7) is 0.404. The smallest absolute Gasteiger partial charge is 0.107 e. The van der Waals surface area contributed by atoms with Gasteiger partial charge in [0, 0.05) is 6.42 Å². The molecule has 3 nitrogen and oxygen atoms in total. The van der Waals surface area contributed by atoms with E-state index in [4.69, 9.17) is 5.73 Å². The Kier molecular flexibility index (Phi) is 3.51. The van der Waals surface area contributed by atoms with Crippen molar-refractivity contribution in [3.05, 3.63) is 30.1 Å². The van der Waals surface area contributed by atoms with E-state index in [0.717, 1.165) is 16.9 Å². The van der Waals surface area contributed by atoms with E-state index >= 15 is 0 Å². The summed E-state index contributed by atoms with van der Waals surface area (Å²) in [5.41, 5.74) is 7.24.